The molecule has 1 aromatic heterocycles. The monoisotopic (exact) mass is 338 g/mol. The molecular weight excluding hydrogens is 324 g/mol. The van der Waals surface area contributed by atoms with Gasteiger partial charge in [0, 0.05) is 18.9 Å². The van der Waals surface area contributed by atoms with Gasteiger partial charge in [0.1, 0.15) is 24.6 Å². The van der Waals surface area contributed by atoms with Crippen molar-refractivity contribution < 1.29 is 19.1 Å². The first-order valence-corrected chi connectivity index (χ1v) is 7.86. The van der Waals surface area contributed by atoms with Gasteiger partial charge in [-0.1, -0.05) is 0 Å². The van der Waals surface area contributed by atoms with Crippen LogP contribution in [0.4, 0.5) is 0 Å². The van der Waals surface area contributed by atoms with Gasteiger partial charge in [0.05, 0.1) is 0 Å². The third-order valence-electron chi connectivity index (χ3n) is 3.29. The number of carbonyl (C=O) groups excluding carboxylic acids is 3. The van der Waals surface area contributed by atoms with Gasteiger partial charge >= 0.3 is 5.97 Å². The summed E-state index contributed by atoms with van der Waals surface area (Å²) in [6, 6.07) is -0.567. The molecule has 0 spiro atoms. The van der Waals surface area contributed by atoms with Crippen LogP contribution in [0.3, 0.4) is 0 Å². The molecule has 0 radical (unpaired) electrons. The number of tetrazole rings is 1. The Balaban J connectivity index is 1.54. The molecule has 3 heterocycles. The molecule has 2 aliphatic rings. The zero-order chi connectivity index (χ0) is 16.4. The lowest BCUT2D eigenvalue weighted by Gasteiger charge is -2.47. The number of nitrogens with zero attached hydrogens (tertiary/aromatic N) is 5. The summed E-state index contributed by atoms with van der Waals surface area (Å²) in [7, 11) is 0. The summed E-state index contributed by atoms with van der Waals surface area (Å²) in [6.07, 6.45) is 2.92. The molecule has 0 aromatic carbocycles. The predicted molar refractivity (Wildman–Crippen MR) is 77.6 cm³/mol. The number of rotatable bonds is 5. The van der Waals surface area contributed by atoms with Crippen LogP contribution in [0.2, 0.25) is 0 Å². The normalized spacial score (nSPS) is 22.7. The van der Waals surface area contributed by atoms with E-state index in [1.165, 1.54) is 25.0 Å². The zero-order valence-electron chi connectivity index (χ0n) is 12.2. The van der Waals surface area contributed by atoms with Gasteiger partial charge in [0.2, 0.25) is 5.91 Å². The Morgan fingerprint density at radius 2 is 2.35 bits per heavy atom. The van der Waals surface area contributed by atoms with Crippen LogP contribution in [0.1, 0.15) is 6.92 Å². The number of hydrogen-bond acceptors (Lipinski definition) is 8. The van der Waals surface area contributed by atoms with E-state index in [0.717, 1.165) is 10.4 Å². The SMILES string of the molecule is CC(=O)OCC1=CN2C(=O)[C@@H](NC(=O)Cn3ncnn3)[C@H]2SC1. The van der Waals surface area contributed by atoms with E-state index in [9.17, 15) is 14.4 Å². The highest BCUT2D eigenvalue weighted by Gasteiger charge is 2.49. The van der Waals surface area contributed by atoms with Gasteiger partial charge in [-0.15, -0.1) is 22.0 Å². The second-order valence-electron chi connectivity index (χ2n) is 5.03. The van der Waals surface area contributed by atoms with Crippen LogP contribution in [0.25, 0.3) is 0 Å². The molecule has 23 heavy (non-hydrogen) atoms. The molecule has 2 aliphatic heterocycles. The molecule has 10 nitrogen and oxygen atoms in total. The fourth-order valence-corrected chi connectivity index (χ4v) is 3.49. The highest BCUT2D eigenvalue weighted by molar-refractivity contribution is 8.00. The molecule has 122 valence electrons. The first-order valence-electron chi connectivity index (χ1n) is 6.81. The quantitative estimate of drug-likeness (QED) is 0.510. The number of esters is 1. The van der Waals surface area contributed by atoms with Crippen LogP contribution in [0, 0.1) is 0 Å². The Morgan fingerprint density at radius 3 is 3.04 bits per heavy atom. The molecule has 1 aromatic rings. The summed E-state index contributed by atoms with van der Waals surface area (Å²) in [5.41, 5.74) is 0.853. The number of carbonyl (C=O) groups is 3. The van der Waals surface area contributed by atoms with Crippen LogP contribution in [-0.4, -0.2) is 66.7 Å². The topological polar surface area (TPSA) is 119 Å². The average Bonchev–Trinajstić information content (AvgIpc) is 3.03. The van der Waals surface area contributed by atoms with E-state index in [-0.39, 0.29) is 36.3 Å². The van der Waals surface area contributed by atoms with Crippen molar-refractivity contribution in [2.45, 2.75) is 24.9 Å². The third-order valence-corrected chi connectivity index (χ3v) is 4.67. The second-order valence-corrected chi connectivity index (χ2v) is 6.13. The van der Waals surface area contributed by atoms with E-state index in [1.54, 1.807) is 11.1 Å². The molecule has 0 bridgehead atoms. The van der Waals surface area contributed by atoms with Gasteiger partial charge in [-0.05, 0) is 10.8 Å². The number of hydrogen-bond donors (Lipinski definition) is 1. The van der Waals surface area contributed by atoms with Crippen molar-refractivity contribution in [3.8, 4) is 0 Å². The van der Waals surface area contributed by atoms with Gasteiger partial charge in [-0.25, -0.2) is 0 Å². The molecule has 1 N–H and O–H groups in total. The molecule has 0 unspecified atom stereocenters. The molecule has 2 amide bonds. The maximum Gasteiger partial charge on any atom is 0.302 e. The number of β-lactam (4-membered cyclic amide) rings is 1. The minimum atomic E-state index is -0.567. The molecule has 0 aliphatic carbocycles. The van der Waals surface area contributed by atoms with Crippen LogP contribution in [-0.2, 0) is 25.7 Å². The van der Waals surface area contributed by atoms with Crippen LogP contribution >= 0.6 is 11.8 Å². The van der Waals surface area contributed by atoms with Crippen molar-refractivity contribution in [2.24, 2.45) is 0 Å². The van der Waals surface area contributed by atoms with Crippen LogP contribution < -0.4 is 5.32 Å². The molecule has 2 atom stereocenters. The summed E-state index contributed by atoms with van der Waals surface area (Å²) in [5, 5.41) is 13.4. The molecule has 1 fully saturated rings. The molecular formula is C12H14N6O4S. The minimum Gasteiger partial charge on any atom is -0.461 e. The van der Waals surface area contributed by atoms with E-state index in [2.05, 4.69) is 20.7 Å². The number of fused-ring (bicyclic) bond motifs is 1. The lowest BCUT2D eigenvalue weighted by molar-refractivity contribution is -0.145. The Kier molecular flexibility index (Phi) is 4.28. The minimum absolute atomic E-state index is 0.0886. The molecule has 0 saturated carbocycles. The van der Waals surface area contributed by atoms with Crippen molar-refractivity contribution in [3.63, 3.8) is 0 Å². The van der Waals surface area contributed by atoms with Gasteiger partial charge in [0.25, 0.3) is 5.91 Å². The third kappa shape index (κ3) is 3.33. The molecule has 11 heteroatoms. The first kappa shape index (κ1) is 15.5. The number of thioether (sulfide) groups is 1. The second kappa shape index (κ2) is 6.36. The number of aromatic nitrogens is 4. The highest BCUT2D eigenvalue weighted by Crippen LogP contribution is 2.36. The summed E-state index contributed by atoms with van der Waals surface area (Å²) in [5.74, 6) is -0.267. The van der Waals surface area contributed by atoms with Crippen molar-refractivity contribution in [2.75, 3.05) is 12.4 Å². The summed E-state index contributed by atoms with van der Waals surface area (Å²) < 4.78 is 4.92. The number of ether oxygens (including phenoxy) is 1. The highest BCUT2D eigenvalue weighted by atomic mass is 32.2. The summed E-state index contributed by atoms with van der Waals surface area (Å²) >= 11 is 1.51. The maximum absolute atomic E-state index is 12.1. The maximum atomic E-state index is 12.1. The van der Waals surface area contributed by atoms with E-state index in [1.807, 2.05) is 0 Å². The Bertz CT molecular complexity index is 661. The summed E-state index contributed by atoms with van der Waals surface area (Å²) in [6.45, 7) is 1.42. The fraction of sp³-hybridized carbons (Fsp3) is 0.500. The van der Waals surface area contributed by atoms with Crippen molar-refractivity contribution in [1.29, 1.82) is 0 Å². The Labute approximate surface area is 135 Å². The Morgan fingerprint density at radius 1 is 1.52 bits per heavy atom. The van der Waals surface area contributed by atoms with Gasteiger partial charge < -0.3 is 15.0 Å². The van der Waals surface area contributed by atoms with E-state index in [4.69, 9.17) is 4.74 Å². The molecule has 1 saturated heterocycles. The first-order chi connectivity index (χ1) is 11.0. The van der Waals surface area contributed by atoms with E-state index < -0.39 is 6.04 Å². The van der Waals surface area contributed by atoms with Crippen molar-refractivity contribution in [1.82, 2.24) is 30.4 Å². The van der Waals surface area contributed by atoms with Crippen LogP contribution in [0.5, 0.6) is 0 Å². The van der Waals surface area contributed by atoms with E-state index >= 15 is 0 Å². The zero-order valence-corrected chi connectivity index (χ0v) is 13.0. The largest absolute Gasteiger partial charge is 0.461 e. The van der Waals surface area contributed by atoms with Crippen LogP contribution in [0.15, 0.2) is 18.1 Å². The molecule has 3 rings (SSSR count). The lowest BCUT2D eigenvalue weighted by Crippen LogP contribution is -2.68. The standard InChI is InChI=1S/C12H14N6O4S/c1-7(19)22-4-8-2-17-11(21)10(12(17)23-5-8)15-9(20)3-18-14-6-13-16-18/h2,6,10,12H,3-5H2,1H3,(H,15,20)/t10-,12-/m1/s1. The van der Waals surface area contributed by atoms with Crippen molar-refractivity contribution >= 4 is 29.5 Å². The van der Waals surface area contributed by atoms with Gasteiger partial charge in [0.15, 0.2) is 6.33 Å². The lowest BCUT2D eigenvalue weighted by atomic mass is 10.1. The number of amides is 2. The number of nitrogens with one attached hydrogen (secondary N) is 1. The van der Waals surface area contributed by atoms with E-state index in [0.29, 0.717) is 5.75 Å². The van der Waals surface area contributed by atoms with Gasteiger partial charge in [-0.2, -0.15) is 4.80 Å². The predicted octanol–water partition coefficient (Wildman–Crippen LogP) is -1.48. The summed E-state index contributed by atoms with van der Waals surface area (Å²) in [4.78, 5) is 37.5. The Hall–Kier alpha value is -2.43. The smallest absolute Gasteiger partial charge is 0.302 e. The average molecular weight is 338 g/mol. The fourth-order valence-electron chi connectivity index (χ4n) is 2.24. The van der Waals surface area contributed by atoms with Gasteiger partial charge in [-0.3, -0.25) is 14.4 Å². The van der Waals surface area contributed by atoms with Crippen molar-refractivity contribution in [3.05, 3.63) is 18.1 Å².